The molecule has 0 aromatic carbocycles. The number of nitrogens with two attached hydrogens (primary N) is 1. The molecule has 5 nitrogen and oxygen atoms in total. The van der Waals surface area contributed by atoms with E-state index in [0.717, 1.165) is 0 Å². The first-order chi connectivity index (χ1) is 6.90. The molecule has 0 bridgehead atoms. The summed E-state index contributed by atoms with van der Waals surface area (Å²) >= 11 is 0. The van der Waals surface area contributed by atoms with Gasteiger partial charge in [0.05, 0.1) is 11.5 Å². The van der Waals surface area contributed by atoms with Crippen LogP contribution in [0.1, 0.15) is 20.3 Å². The highest BCUT2D eigenvalue weighted by Crippen LogP contribution is 2.29. The van der Waals surface area contributed by atoms with Crippen molar-refractivity contribution in [1.29, 1.82) is 0 Å². The largest absolute Gasteiger partial charge is 0.369 e. The normalized spacial score (nSPS) is 27.8. The molecular weight excluding hydrogens is 194 g/mol. The number of hydrogen-bond acceptors (Lipinski definition) is 3. The monoisotopic (exact) mass is 213 g/mol. The Morgan fingerprint density at radius 3 is 2.53 bits per heavy atom. The topological polar surface area (TPSA) is 75.4 Å². The third kappa shape index (κ3) is 2.28. The van der Waals surface area contributed by atoms with Gasteiger partial charge >= 0.3 is 0 Å². The molecule has 3 N–H and O–H groups in total. The molecule has 0 aliphatic carbocycles. The highest BCUT2D eigenvalue weighted by atomic mass is 16.2. The molecule has 1 aliphatic rings. The summed E-state index contributed by atoms with van der Waals surface area (Å²) in [4.78, 5) is 24.7. The first-order valence-electron chi connectivity index (χ1n) is 5.16. The Balaban J connectivity index is 2.64. The molecule has 1 saturated heterocycles. The molecule has 1 heterocycles. The van der Waals surface area contributed by atoms with Gasteiger partial charge in [-0.25, -0.2) is 0 Å². The van der Waals surface area contributed by atoms with Crippen LogP contribution in [0, 0.1) is 5.41 Å². The molecule has 1 aliphatic heterocycles. The van der Waals surface area contributed by atoms with Crippen LogP contribution in [0.3, 0.4) is 0 Å². The Morgan fingerprint density at radius 2 is 2.13 bits per heavy atom. The second-order valence-electron chi connectivity index (χ2n) is 4.45. The molecule has 1 fully saturated rings. The van der Waals surface area contributed by atoms with Crippen molar-refractivity contribution in [2.45, 2.75) is 26.3 Å². The summed E-state index contributed by atoms with van der Waals surface area (Å²) in [6.45, 7) is 4.67. The van der Waals surface area contributed by atoms with Gasteiger partial charge in [-0.05, 0) is 27.3 Å². The maximum absolute atomic E-state index is 11.8. The minimum absolute atomic E-state index is 0.0301. The minimum Gasteiger partial charge on any atom is -0.369 e. The molecule has 0 aromatic rings. The van der Waals surface area contributed by atoms with Gasteiger partial charge in [0.25, 0.3) is 0 Å². The van der Waals surface area contributed by atoms with Crippen LogP contribution in [-0.2, 0) is 9.59 Å². The molecule has 15 heavy (non-hydrogen) atoms. The second-order valence-corrected chi connectivity index (χ2v) is 4.45. The lowest BCUT2D eigenvalue weighted by Gasteiger charge is -2.23. The standard InChI is InChI=1S/C10H19N3O2/c1-7(12-3)8(14)13-5-4-10(2,6-13)9(11)15/h7,12H,4-6H2,1-3H3,(H2,11,15). The number of likely N-dealkylation sites (N-methyl/N-ethyl adjacent to an activating group) is 1. The van der Waals surface area contributed by atoms with Crippen molar-refractivity contribution in [1.82, 2.24) is 10.2 Å². The number of likely N-dealkylation sites (tertiary alicyclic amines) is 1. The lowest BCUT2D eigenvalue weighted by Crippen LogP contribution is -2.44. The zero-order valence-electron chi connectivity index (χ0n) is 9.54. The van der Waals surface area contributed by atoms with Crippen LogP contribution in [-0.4, -0.2) is 42.9 Å². The zero-order chi connectivity index (χ0) is 11.6. The molecule has 2 unspecified atom stereocenters. The SMILES string of the molecule is CNC(C)C(=O)N1CCC(C)(C(N)=O)C1. The van der Waals surface area contributed by atoms with Gasteiger partial charge < -0.3 is 16.0 Å². The number of hydrogen-bond donors (Lipinski definition) is 2. The molecule has 0 radical (unpaired) electrons. The predicted molar refractivity (Wildman–Crippen MR) is 57.0 cm³/mol. The number of carbonyl (C=O) groups excluding carboxylic acids is 2. The van der Waals surface area contributed by atoms with Crippen molar-refractivity contribution < 1.29 is 9.59 Å². The fourth-order valence-electron chi connectivity index (χ4n) is 1.75. The molecule has 86 valence electrons. The lowest BCUT2D eigenvalue weighted by molar-refractivity contribution is -0.133. The Hall–Kier alpha value is -1.10. The number of nitrogens with zero attached hydrogens (tertiary/aromatic N) is 1. The van der Waals surface area contributed by atoms with Crippen molar-refractivity contribution >= 4 is 11.8 Å². The van der Waals surface area contributed by atoms with Gasteiger partial charge in [-0.1, -0.05) is 0 Å². The van der Waals surface area contributed by atoms with E-state index in [0.29, 0.717) is 19.5 Å². The lowest BCUT2D eigenvalue weighted by atomic mass is 9.89. The second kappa shape index (κ2) is 4.18. The smallest absolute Gasteiger partial charge is 0.239 e. The molecule has 0 saturated carbocycles. The number of primary amides is 1. The fraction of sp³-hybridized carbons (Fsp3) is 0.800. The van der Waals surface area contributed by atoms with Gasteiger partial charge in [0, 0.05) is 13.1 Å². The van der Waals surface area contributed by atoms with Gasteiger partial charge in [0.1, 0.15) is 0 Å². The van der Waals surface area contributed by atoms with E-state index in [9.17, 15) is 9.59 Å². The van der Waals surface area contributed by atoms with E-state index in [1.165, 1.54) is 0 Å². The predicted octanol–water partition coefficient (Wildman–Crippen LogP) is -0.682. The Kier molecular flexibility index (Phi) is 3.34. The first-order valence-corrected chi connectivity index (χ1v) is 5.16. The molecule has 5 heteroatoms. The van der Waals surface area contributed by atoms with Crippen LogP contribution in [0.2, 0.25) is 0 Å². The quantitative estimate of drug-likeness (QED) is 0.652. The van der Waals surface area contributed by atoms with Crippen molar-refractivity contribution in [2.24, 2.45) is 11.1 Å². The van der Waals surface area contributed by atoms with Crippen LogP contribution < -0.4 is 11.1 Å². The van der Waals surface area contributed by atoms with Gasteiger partial charge in [-0.3, -0.25) is 9.59 Å². The number of carbonyl (C=O) groups is 2. The number of rotatable bonds is 3. The van der Waals surface area contributed by atoms with Gasteiger partial charge in [-0.2, -0.15) is 0 Å². The van der Waals surface area contributed by atoms with Crippen molar-refractivity contribution in [2.75, 3.05) is 20.1 Å². The summed E-state index contributed by atoms with van der Waals surface area (Å²) in [6.07, 6.45) is 0.657. The number of nitrogens with one attached hydrogen (secondary N) is 1. The zero-order valence-corrected chi connectivity index (χ0v) is 9.54. The average molecular weight is 213 g/mol. The maximum Gasteiger partial charge on any atom is 0.239 e. The van der Waals surface area contributed by atoms with Crippen LogP contribution >= 0.6 is 0 Å². The number of amides is 2. The maximum atomic E-state index is 11.8. The van der Waals surface area contributed by atoms with E-state index >= 15 is 0 Å². The van der Waals surface area contributed by atoms with Crippen LogP contribution in [0.25, 0.3) is 0 Å². The summed E-state index contributed by atoms with van der Waals surface area (Å²) in [6, 6.07) is -0.208. The van der Waals surface area contributed by atoms with Crippen LogP contribution in [0.4, 0.5) is 0 Å². The molecule has 0 spiro atoms. The Bertz CT molecular complexity index is 280. The van der Waals surface area contributed by atoms with E-state index in [2.05, 4.69) is 5.32 Å². The van der Waals surface area contributed by atoms with Gasteiger partial charge in [0.2, 0.25) is 11.8 Å². The third-order valence-corrected chi connectivity index (χ3v) is 3.18. The fourth-order valence-corrected chi connectivity index (χ4v) is 1.75. The van der Waals surface area contributed by atoms with E-state index in [1.54, 1.807) is 11.9 Å². The van der Waals surface area contributed by atoms with E-state index < -0.39 is 5.41 Å². The minimum atomic E-state index is -0.552. The van der Waals surface area contributed by atoms with Gasteiger partial charge in [-0.15, -0.1) is 0 Å². The molecule has 2 amide bonds. The van der Waals surface area contributed by atoms with Gasteiger partial charge in [0.15, 0.2) is 0 Å². The van der Waals surface area contributed by atoms with Crippen molar-refractivity contribution in [3.05, 3.63) is 0 Å². The van der Waals surface area contributed by atoms with Crippen molar-refractivity contribution in [3.8, 4) is 0 Å². The van der Waals surface area contributed by atoms with E-state index in [4.69, 9.17) is 5.73 Å². The highest BCUT2D eigenvalue weighted by molar-refractivity contribution is 5.85. The summed E-state index contributed by atoms with van der Waals surface area (Å²) < 4.78 is 0. The molecular formula is C10H19N3O2. The first kappa shape index (κ1) is 12.0. The summed E-state index contributed by atoms with van der Waals surface area (Å²) in [7, 11) is 1.74. The van der Waals surface area contributed by atoms with Crippen LogP contribution in [0.15, 0.2) is 0 Å². The van der Waals surface area contributed by atoms with E-state index in [-0.39, 0.29) is 17.9 Å². The molecule has 1 rings (SSSR count). The highest BCUT2D eigenvalue weighted by Gasteiger charge is 2.41. The molecule has 2 atom stereocenters. The Labute approximate surface area is 90.0 Å². The summed E-state index contributed by atoms with van der Waals surface area (Å²) in [5.74, 6) is -0.294. The molecule has 0 aromatic heterocycles. The summed E-state index contributed by atoms with van der Waals surface area (Å²) in [5, 5.41) is 2.89. The van der Waals surface area contributed by atoms with Crippen molar-refractivity contribution in [3.63, 3.8) is 0 Å². The van der Waals surface area contributed by atoms with Crippen LogP contribution in [0.5, 0.6) is 0 Å². The summed E-state index contributed by atoms with van der Waals surface area (Å²) in [5.41, 5.74) is 4.76. The average Bonchev–Trinajstić information content (AvgIpc) is 2.60. The third-order valence-electron chi connectivity index (χ3n) is 3.18. The Morgan fingerprint density at radius 1 is 1.53 bits per heavy atom. The van der Waals surface area contributed by atoms with E-state index in [1.807, 2.05) is 13.8 Å².